The molecule has 0 saturated carbocycles. The Morgan fingerprint density at radius 1 is 0.967 bits per heavy atom. The summed E-state index contributed by atoms with van der Waals surface area (Å²) in [6, 6.07) is 4.97. The van der Waals surface area contributed by atoms with E-state index in [1.54, 1.807) is 0 Å². The lowest BCUT2D eigenvalue weighted by atomic mass is 10.1. The quantitative estimate of drug-likeness (QED) is 0.616. The Kier molecular flexibility index (Phi) is 7.09. The van der Waals surface area contributed by atoms with Crippen molar-refractivity contribution in [3.05, 3.63) is 70.8 Å². The molecule has 11 heteroatoms. The van der Waals surface area contributed by atoms with E-state index in [9.17, 15) is 36.3 Å². The molecule has 0 aromatic heterocycles. The molecule has 1 unspecified atom stereocenters. The van der Waals surface area contributed by atoms with Gasteiger partial charge in [-0.15, -0.1) is 0 Å². The normalized spacial score (nSPS) is 12.1. The highest BCUT2D eigenvalue weighted by Gasteiger charge is 2.36. The Hall–Kier alpha value is -3.50. The van der Waals surface area contributed by atoms with Gasteiger partial charge >= 0.3 is 6.18 Å². The number of halogens is 5. The van der Waals surface area contributed by atoms with Gasteiger partial charge in [-0.2, -0.15) is 13.2 Å². The SMILES string of the molecule is CNC(=O)C(CNC(=O)c1ccccc1F)NC(=O)c1ccc(F)cc1C(F)(F)F. The molecule has 2 aromatic carbocycles. The van der Waals surface area contributed by atoms with E-state index in [0.717, 1.165) is 6.07 Å². The van der Waals surface area contributed by atoms with Crippen LogP contribution in [0.25, 0.3) is 0 Å². The highest BCUT2D eigenvalue weighted by atomic mass is 19.4. The van der Waals surface area contributed by atoms with Crippen LogP contribution in [-0.2, 0) is 11.0 Å². The minimum absolute atomic E-state index is 0.157. The maximum atomic E-state index is 13.7. The molecule has 2 rings (SSSR count). The van der Waals surface area contributed by atoms with E-state index in [-0.39, 0.29) is 11.6 Å². The van der Waals surface area contributed by atoms with Crippen LogP contribution in [0, 0.1) is 11.6 Å². The highest BCUT2D eigenvalue weighted by molar-refractivity contribution is 5.99. The first-order valence-electron chi connectivity index (χ1n) is 8.46. The molecule has 3 amide bonds. The average Bonchev–Trinajstić information content (AvgIpc) is 2.69. The summed E-state index contributed by atoms with van der Waals surface area (Å²) in [5.74, 6) is -5.05. The van der Waals surface area contributed by atoms with Crippen molar-refractivity contribution in [2.24, 2.45) is 0 Å². The van der Waals surface area contributed by atoms with Crippen molar-refractivity contribution in [3.8, 4) is 0 Å². The van der Waals surface area contributed by atoms with Crippen molar-refractivity contribution in [2.45, 2.75) is 12.2 Å². The maximum absolute atomic E-state index is 13.7. The lowest BCUT2D eigenvalue weighted by molar-refractivity contribution is -0.138. The van der Waals surface area contributed by atoms with Crippen molar-refractivity contribution in [1.29, 1.82) is 0 Å². The van der Waals surface area contributed by atoms with Gasteiger partial charge in [0.05, 0.1) is 16.7 Å². The fourth-order valence-corrected chi connectivity index (χ4v) is 2.50. The van der Waals surface area contributed by atoms with Gasteiger partial charge in [0.15, 0.2) is 0 Å². The number of amides is 3. The fourth-order valence-electron chi connectivity index (χ4n) is 2.50. The topological polar surface area (TPSA) is 87.3 Å². The molecule has 0 heterocycles. The Morgan fingerprint density at radius 2 is 1.63 bits per heavy atom. The van der Waals surface area contributed by atoms with Crippen molar-refractivity contribution >= 4 is 17.7 Å². The largest absolute Gasteiger partial charge is 0.417 e. The summed E-state index contributed by atoms with van der Waals surface area (Å²) in [7, 11) is 1.21. The number of nitrogens with one attached hydrogen (secondary N) is 3. The fraction of sp³-hybridized carbons (Fsp3) is 0.211. The Bertz CT molecular complexity index is 963. The van der Waals surface area contributed by atoms with Crippen LogP contribution in [0.4, 0.5) is 22.0 Å². The summed E-state index contributed by atoms with van der Waals surface area (Å²) in [6.45, 7) is -0.541. The summed E-state index contributed by atoms with van der Waals surface area (Å²) in [5, 5.41) is 6.47. The van der Waals surface area contributed by atoms with E-state index >= 15 is 0 Å². The van der Waals surface area contributed by atoms with Gasteiger partial charge in [-0.3, -0.25) is 14.4 Å². The third kappa shape index (κ3) is 5.52. The monoisotopic (exact) mass is 429 g/mol. The summed E-state index contributed by atoms with van der Waals surface area (Å²) in [4.78, 5) is 36.4. The standard InChI is InChI=1S/C19H16F5N3O3/c1-25-18(30)15(9-26-16(28)12-4-2-3-5-14(12)21)27-17(29)11-7-6-10(20)8-13(11)19(22,23)24/h2-8,15H,9H2,1H3,(H,25,30)(H,26,28)(H,27,29). The zero-order valence-electron chi connectivity index (χ0n) is 15.4. The van der Waals surface area contributed by atoms with E-state index in [1.807, 2.05) is 0 Å². The average molecular weight is 429 g/mol. The molecule has 2 aromatic rings. The van der Waals surface area contributed by atoms with Crippen LogP contribution >= 0.6 is 0 Å². The zero-order chi connectivity index (χ0) is 22.5. The number of hydrogen-bond acceptors (Lipinski definition) is 3. The summed E-state index contributed by atoms with van der Waals surface area (Å²) in [5.41, 5.74) is -2.75. The smallest absolute Gasteiger partial charge is 0.357 e. The molecule has 30 heavy (non-hydrogen) atoms. The molecule has 6 nitrogen and oxygen atoms in total. The van der Waals surface area contributed by atoms with Gasteiger partial charge in [-0.1, -0.05) is 12.1 Å². The molecule has 0 saturated heterocycles. The Balaban J connectivity index is 2.19. The number of benzene rings is 2. The second-order valence-electron chi connectivity index (χ2n) is 6.02. The number of rotatable bonds is 6. The maximum Gasteiger partial charge on any atom is 0.417 e. The minimum Gasteiger partial charge on any atom is -0.357 e. The van der Waals surface area contributed by atoms with Crippen molar-refractivity contribution in [3.63, 3.8) is 0 Å². The summed E-state index contributed by atoms with van der Waals surface area (Å²) < 4.78 is 66.2. The second-order valence-corrected chi connectivity index (χ2v) is 6.02. The van der Waals surface area contributed by atoms with Gasteiger partial charge < -0.3 is 16.0 Å². The molecule has 1 atom stereocenters. The van der Waals surface area contributed by atoms with Crippen LogP contribution in [0.1, 0.15) is 26.3 Å². The first kappa shape index (κ1) is 22.8. The lowest BCUT2D eigenvalue weighted by Gasteiger charge is -2.19. The molecular formula is C19H16F5N3O3. The van der Waals surface area contributed by atoms with Gasteiger partial charge in [0.2, 0.25) is 5.91 Å². The van der Waals surface area contributed by atoms with Crippen LogP contribution in [-0.4, -0.2) is 37.4 Å². The number of hydrogen-bond donors (Lipinski definition) is 3. The van der Waals surface area contributed by atoms with Crippen LogP contribution < -0.4 is 16.0 Å². The first-order chi connectivity index (χ1) is 14.0. The molecule has 0 aliphatic rings. The number of carbonyl (C=O) groups is 3. The van der Waals surface area contributed by atoms with Crippen molar-refractivity contribution in [1.82, 2.24) is 16.0 Å². The van der Waals surface area contributed by atoms with Crippen molar-refractivity contribution < 1.29 is 36.3 Å². The number of carbonyl (C=O) groups excluding carboxylic acids is 3. The van der Waals surface area contributed by atoms with E-state index in [0.29, 0.717) is 12.1 Å². The van der Waals surface area contributed by atoms with Crippen molar-refractivity contribution in [2.75, 3.05) is 13.6 Å². The third-order valence-electron chi connectivity index (χ3n) is 3.99. The second kappa shape index (κ2) is 9.33. The molecule has 0 bridgehead atoms. The van der Waals surface area contributed by atoms with E-state index < -0.39 is 59.2 Å². The van der Waals surface area contributed by atoms with Crippen LogP contribution in [0.2, 0.25) is 0 Å². The molecule has 3 N–H and O–H groups in total. The van der Waals surface area contributed by atoms with Gasteiger partial charge in [0, 0.05) is 13.6 Å². The number of alkyl halides is 3. The number of likely N-dealkylation sites (N-methyl/N-ethyl adjacent to an activating group) is 1. The molecule has 0 spiro atoms. The van der Waals surface area contributed by atoms with Crippen LogP contribution in [0.5, 0.6) is 0 Å². The Morgan fingerprint density at radius 3 is 2.23 bits per heavy atom. The van der Waals surface area contributed by atoms with Gasteiger partial charge in [0.1, 0.15) is 17.7 Å². The minimum atomic E-state index is -5.02. The molecule has 0 fully saturated rings. The summed E-state index contributed by atoms with van der Waals surface area (Å²) in [6.07, 6.45) is -5.02. The molecular weight excluding hydrogens is 413 g/mol. The van der Waals surface area contributed by atoms with Gasteiger partial charge in [0.25, 0.3) is 11.8 Å². The molecule has 0 radical (unpaired) electrons. The molecule has 0 aliphatic heterocycles. The first-order valence-corrected chi connectivity index (χ1v) is 8.46. The van der Waals surface area contributed by atoms with Gasteiger partial charge in [-0.05, 0) is 30.3 Å². The zero-order valence-corrected chi connectivity index (χ0v) is 15.4. The van der Waals surface area contributed by atoms with Crippen LogP contribution in [0.15, 0.2) is 42.5 Å². The van der Waals surface area contributed by atoms with Crippen LogP contribution in [0.3, 0.4) is 0 Å². The lowest BCUT2D eigenvalue weighted by Crippen LogP contribution is -2.52. The van der Waals surface area contributed by atoms with E-state index in [2.05, 4.69) is 16.0 Å². The third-order valence-corrected chi connectivity index (χ3v) is 3.99. The predicted octanol–water partition coefficient (Wildman–Crippen LogP) is 2.26. The highest BCUT2D eigenvalue weighted by Crippen LogP contribution is 2.32. The molecule has 160 valence electrons. The summed E-state index contributed by atoms with van der Waals surface area (Å²) >= 11 is 0. The Labute approximate surface area is 167 Å². The predicted molar refractivity (Wildman–Crippen MR) is 95.5 cm³/mol. The van der Waals surface area contributed by atoms with E-state index in [1.165, 1.54) is 25.2 Å². The van der Waals surface area contributed by atoms with Gasteiger partial charge in [-0.25, -0.2) is 8.78 Å². The van der Waals surface area contributed by atoms with E-state index in [4.69, 9.17) is 0 Å². The molecule has 0 aliphatic carbocycles.